The third kappa shape index (κ3) is 4.21. The normalized spacial score (nSPS) is 18.8. The molecule has 1 aliphatic rings. The van der Waals surface area contributed by atoms with Crippen molar-refractivity contribution in [1.82, 2.24) is 10.2 Å². The van der Waals surface area contributed by atoms with E-state index in [0.29, 0.717) is 13.0 Å². The summed E-state index contributed by atoms with van der Waals surface area (Å²) in [6.45, 7) is 6.39. The van der Waals surface area contributed by atoms with Crippen molar-refractivity contribution in [2.24, 2.45) is 5.41 Å². The standard InChI is InChI=1S/C14H24N2O4/c1-14(2,3)13(19)16-9-5-6-10(16)12(18)15-8-7-11(17)20-4/h10H,5-9H2,1-4H3,(H,15,18)/t10-/m0/s1. The van der Waals surface area contributed by atoms with Gasteiger partial charge in [0.15, 0.2) is 0 Å². The van der Waals surface area contributed by atoms with Crippen molar-refractivity contribution < 1.29 is 19.1 Å². The molecule has 1 aliphatic heterocycles. The van der Waals surface area contributed by atoms with Gasteiger partial charge in [-0.2, -0.15) is 0 Å². The van der Waals surface area contributed by atoms with Crippen LogP contribution in [0, 0.1) is 5.41 Å². The zero-order chi connectivity index (χ0) is 15.3. The molecule has 0 aromatic rings. The van der Waals surface area contributed by atoms with Crippen LogP contribution in [0.3, 0.4) is 0 Å². The first-order valence-electron chi connectivity index (χ1n) is 6.93. The van der Waals surface area contributed by atoms with E-state index < -0.39 is 11.5 Å². The Labute approximate surface area is 119 Å². The first-order chi connectivity index (χ1) is 9.27. The van der Waals surface area contributed by atoms with Crippen LogP contribution < -0.4 is 5.32 Å². The number of esters is 1. The fraction of sp³-hybridized carbons (Fsp3) is 0.786. The number of hydrogen-bond acceptors (Lipinski definition) is 4. The lowest BCUT2D eigenvalue weighted by atomic mass is 9.94. The second-order valence-corrected chi connectivity index (χ2v) is 6.02. The fourth-order valence-electron chi connectivity index (χ4n) is 2.22. The highest BCUT2D eigenvalue weighted by Gasteiger charge is 2.38. The van der Waals surface area contributed by atoms with Crippen LogP contribution in [0.2, 0.25) is 0 Å². The van der Waals surface area contributed by atoms with Gasteiger partial charge in [0.25, 0.3) is 0 Å². The number of methoxy groups -OCH3 is 1. The number of likely N-dealkylation sites (tertiary alicyclic amines) is 1. The van der Waals surface area contributed by atoms with Crippen molar-refractivity contribution >= 4 is 17.8 Å². The van der Waals surface area contributed by atoms with Crippen molar-refractivity contribution in [1.29, 1.82) is 0 Å². The van der Waals surface area contributed by atoms with Crippen molar-refractivity contribution in [3.8, 4) is 0 Å². The van der Waals surface area contributed by atoms with Crippen LogP contribution in [0.5, 0.6) is 0 Å². The second kappa shape index (κ2) is 6.72. The minimum atomic E-state index is -0.491. The van der Waals surface area contributed by atoms with Crippen molar-refractivity contribution in [2.45, 2.75) is 46.1 Å². The van der Waals surface area contributed by atoms with Crippen molar-refractivity contribution in [3.63, 3.8) is 0 Å². The van der Waals surface area contributed by atoms with E-state index in [1.54, 1.807) is 4.90 Å². The van der Waals surface area contributed by atoms with Gasteiger partial charge < -0.3 is 15.0 Å². The summed E-state index contributed by atoms with van der Waals surface area (Å²) in [7, 11) is 1.31. The molecule has 114 valence electrons. The quantitative estimate of drug-likeness (QED) is 0.771. The zero-order valence-electron chi connectivity index (χ0n) is 12.7. The van der Waals surface area contributed by atoms with Crippen LogP contribution in [0.25, 0.3) is 0 Å². The van der Waals surface area contributed by atoms with E-state index in [-0.39, 0.29) is 30.7 Å². The van der Waals surface area contributed by atoms with E-state index in [1.807, 2.05) is 20.8 Å². The van der Waals surface area contributed by atoms with Gasteiger partial charge in [-0.05, 0) is 12.8 Å². The van der Waals surface area contributed by atoms with Crippen molar-refractivity contribution in [3.05, 3.63) is 0 Å². The van der Waals surface area contributed by atoms with E-state index in [1.165, 1.54) is 7.11 Å². The molecule has 2 amide bonds. The molecule has 1 N–H and O–H groups in total. The van der Waals surface area contributed by atoms with Crippen molar-refractivity contribution in [2.75, 3.05) is 20.2 Å². The first kappa shape index (κ1) is 16.5. The second-order valence-electron chi connectivity index (χ2n) is 6.02. The maximum Gasteiger partial charge on any atom is 0.307 e. The average molecular weight is 284 g/mol. The Balaban J connectivity index is 2.54. The molecular weight excluding hydrogens is 260 g/mol. The van der Waals surface area contributed by atoms with Gasteiger partial charge in [-0.25, -0.2) is 0 Å². The average Bonchev–Trinajstić information content (AvgIpc) is 2.85. The SMILES string of the molecule is COC(=O)CCNC(=O)[C@@H]1CCCN1C(=O)C(C)(C)C. The molecule has 1 rings (SSSR count). The molecule has 6 nitrogen and oxygen atoms in total. The lowest BCUT2D eigenvalue weighted by Gasteiger charge is -2.30. The highest BCUT2D eigenvalue weighted by molar-refractivity contribution is 5.90. The van der Waals surface area contributed by atoms with Gasteiger partial charge in [0.05, 0.1) is 13.5 Å². The summed E-state index contributed by atoms with van der Waals surface area (Å²) >= 11 is 0. The summed E-state index contributed by atoms with van der Waals surface area (Å²) < 4.78 is 4.51. The van der Waals surface area contributed by atoms with Gasteiger partial charge >= 0.3 is 5.97 Å². The largest absolute Gasteiger partial charge is 0.469 e. The predicted octanol–water partition coefficient (Wildman–Crippen LogP) is 0.703. The highest BCUT2D eigenvalue weighted by atomic mass is 16.5. The molecule has 0 aromatic heterocycles. The van der Waals surface area contributed by atoms with Crippen LogP contribution in [0.15, 0.2) is 0 Å². The van der Waals surface area contributed by atoms with Gasteiger partial charge in [0.2, 0.25) is 11.8 Å². The first-order valence-corrected chi connectivity index (χ1v) is 6.93. The summed E-state index contributed by atoms with van der Waals surface area (Å²) in [4.78, 5) is 37.0. The van der Waals surface area contributed by atoms with Gasteiger partial charge in [-0.15, -0.1) is 0 Å². The Kier molecular flexibility index (Phi) is 5.53. The molecule has 1 fully saturated rings. The molecule has 0 unspecified atom stereocenters. The molecule has 6 heteroatoms. The molecule has 0 aliphatic carbocycles. The number of hydrogen-bond donors (Lipinski definition) is 1. The highest BCUT2D eigenvalue weighted by Crippen LogP contribution is 2.25. The van der Waals surface area contributed by atoms with Crippen LogP contribution in [0.1, 0.15) is 40.0 Å². The van der Waals surface area contributed by atoms with Crippen LogP contribution in [-0.4, -0.2) is 48.9 Å². The molecule has 0 radical (unpaired) electrons. The number of rotatable bonds is 4. The van der Waals surface area contributed by atoms with Crippen LogP contribution in [-0.2, 0) is 19.1 Å². The Morgan fingerprint density at radius 3 is 2.50 bits per heavy atom. The predicted molar refractivity (Wildman–Crippen MR) is 73.8 cm³/mol. The molecular formula is C14H24N2O4. The molecule has 0 saturated carbocycles. The molecule has 1 atom stereocenters. The number of carbonyl (C=O) groups is 3. The molecule has 1 saturated heterocycles. The number of amides is 2. The van der Waals surface area contributed by atoms with E-state index in [0.717, 1.165) is 6.42 Å². The molecule has 0 spiro atoms. The third-order valence-corrected chi connectivity index (χ3v) is 3.31. The van der Waals surface area contributed by atoms with Crippen LogP contribution >= 0.6 is 0 Å². The number of nitrogens with one attached hydrogen (secondary N) is 1. The topological polar surface area (TPSA) is 75.7 Å². The minimum absolute atomic E-state index is 0.0110. The number of carbonyl (C=O) groups excluding carboxylic acids is 3. The van der Waals surface area contributed by atoms with Gasteiger partial charge in [0.1, 0.15) is 6.04 Å². The Hall–Kier alpha value is -1.59. The summed E-state index contributed by atoms with van der Waals surface area (Å²) in [5.74, 6) is -0.563. The summed E-state index contributed by atoms with van der Waals surface area (Å²) in [6, 6.07) is -0.417. The minimum Gasteiger partial charge on any atom is -0.469 e. The van der Waals surface area contributed by atoms with Gasteiger partial charge in [0, 0.05) is 18.5 Å². The lowest BCUT2D eigenvalue weighted by molar-refractivity contribution is -0.145. The molecule has 20 heavy (non-hydrogen) atoms. The Morgan fingerprint density at radius 2 is 1.95 bits per heavy atom. The molecule has 1 heterocycles. The number of nitrogens with zero attached hydrogens (tertiary/aromatic N) is 1. The van der Waals surface area contributed by atoms with E-state index in [4.69, 9.17) is 0 Å². The molecule has 0 bridgehead atoms. The van der Waals surface area contributed by atoms with Gasteiger partial charge in [-0.3, -0.25) is 14.4 Å². The summed E-state index contributed by atoms with van der Waals surface area (Å²) in [5.41, 5.74) is -0.491. The van der Waals surface area contributed by atoms with E-state index >= 15 is 0 Å². The smallest absolute Gasteiger partial charge is 0.307 e. The van der Waals surface area contributed by atoms with E-state index in [2.05, 4.69) is 10.1 Å². The lowest BCUT2D eigenvalue weighted by Crippen LogP contribution is -2.49. The van der Waals surface area contributed by atoms with E-state index in [9.17, 15) is 14.4 Å². The maximum atomic E-state index is 12.3. The zero-order valence-corrected chi connectivity index (χ0v) is 12.7. The van der Waals surface area contributed by atoms with Gasteiger partial charge in [-0.1, -0.05) is 20.8 Å². The molecule has 0 aromatic carbocycles. The monoisotopic (exact) mass is 284 g/mol. The third-order valence-electron chi connectivity index (χ3n) is 3.31. The Morgan fingerprint density at radius 1 is 1.30 bits per heavy atom. The Bertz CT molecular complexity index is 387. The summed E-state index contributed by atoms with van der Waals surface area (Å²) in [5, 5.41) is 2.69. The fourth-order valence-corrected chi connectivity index (χ4v) is 2.22. The van der Waals surface area contributed by atoms with Crippen LogP contribution in [0.4, 0.5) is 0 Å². The maximum absolute atomic E-state index is 12.3. The summed E-state index contributed by atoms with van der Waals surface area (Å²) in [6.07, 6.45) is 1.64. The number of ether oxygens (including phenoxy) is 1.